The van der Waals surface area contributed by atoms with E-state index in [1.807, 2.05) is 207 Å². The van der Waals surface area contributed by atoms with Crippen LogP contribution in [-0.4, -0.2) is 39.9 Å². The van der Waals surface area contributed by atoms with Crippen molar-refractivity contribution in [2.75, 3.05) is 0 Å². The third-order valence-corrected chi connectivity index (χ3v) is 14.4. The fourth-order valence-corrected chi connectivity index (χ4v) is 9.83. The molecule has 20 rings (SSSR count). The Morgan fingerprint density at radius 1 is 0.311 bits per heavy atom. The Labute approximate surface area is 518 Å². The highest BCUT2D eigenvalue weighted by atomic mass is 16.4. The topological polar surface area (TPSA) is 161 Å². The highest BCUT2D eigenvalue weighted by molar-refractivity contribution is 5.92. The Morgan fingerprint density at radius 2 is 0.789 bits per heavy atom. The lowest BCUT2D eigenvalue weighted by Gasteiger charge is -1.99. The SMILES string of the molecule is C1=Cc2[nH]ccc2C1.C1=Cc2occc2C1.c1cc2occc2o1.c1ccc2[nH]ccc2c1.c1ccc2cnccc2c1.c1ccc2nc3ccccc3cc2c1.c1ccc2nc3ccccc3nc2c1.c1ccc2nccnc2c1.c1ccc2occc2c1. The van der Waals surface area contributed by atoms with Crippen molar-refractivity contribution in [3.63, 3.8) is 0 Å². The Balaban J connectivity index is 0.0000000988. The van der Waals surface area contributed by atoms with Crippen LogP contribution in [0.2, 0.25) is 0 Å². The second kappa shape index (κ2) is 29.7. The molecule has 0 spiro atoms. The van der Waals surface area contributed by atoms with E-state index in [1.54, 1.807) is 49.6 Å². The van der Waals surface area contributed by atoms with Crippen LogP contribution in [0.5, 0.6) is 0 Å². The molecule has 12 nitrogen and oxygen atoms in total. The summed E-state index contributed by atoms with van der Waals surface area (Å²) in [7, 11) is 0. The summed E-state index contributed by atoms with van der Waals surface area (Å²) in [5, 5.41) is 7.29. The number of hydrogen-bond donors (Lipinski definition) is 2. The molecule has 90 heavy (non-hydrogen) atoms. The first kappa shape index (κ1) is 58.1. The molecule has 12 heteroatoms. The Morgan fingerprint density at radius 3 is 1.39 bits per heavy atom. The van der Waals surface area contributed by atoms with Crippen molar-refractivity contribution in [3.8, 4) is 0 Å². The minimum Gasteiger partial charge on any atom is -0.465 e. The lowest BCUT2D eigenvalue weighted by molar-refractivity contribution is 0.556. The minimum atomic E-state index is 0.810. The third-order valence-electron chi connectivity index (χ3n) is 14.4. The molecule has 0 unspecified atom stereocenters. The van der Waals surface area contributed by atoms with Gasteiger partial charge in [-0.25, -0.2) is 15.0 Å². The molecular formula is C78H60N8O4. The molecule has 0 amide bonds. The van der Waals surface area contributed by atoms with Gasteiger partial charge in [-0.2, -0.15) is 0 Å². The summed E-state index contributed by atoms with van der Waals surface area (Å²) in [6, 6.07) is 80.3. The van der Waals surface area contributed by atoms with Gasteiger partial charge in [-0.3, -0.25) is 15.0 Å². The highest BCUT2D eigenvalue weighted by Crippen LogP contribution is 2.22. The Kier molecular flexibility index (Phi) is 19.2. The summed E-state index contributed by atoms with van der Waals surface area (Å²) in [5.74, 6) is 1.03. The number of aromatic amines is 2. The molecule has 8 aromatic carbocycles. The lowest BCUT2D eigenvalue weighted by atomic mass is 10.1. The van der Waals surface area contributed by atoms with Crippen LogP contribution >= 0.6 is 0 Å². The van der Waals surface area contributed by atoms with Crippen molar-refractivity contribution in [2.45, 2.75) is 12.8 Å². The number of rotatable bonds is 0. The molecule has 2 N–H and O–H groups in total. The van der Waals surface area contributed by atoms with Crippen LogP contribution in [-0.2, 0) is 12.8 Å². The first-order chi connectivity index (χ1) is 44.6. The van der Waals surface area contributed by atoms with Gasteiger partial charge in [0, 0.05) is 82.2 Å². The number of H-pyrrole nitrogens is 2. The van der Waals surface area contributed by atoms with E-state index in [2.05, 4.69) is 113 Å². The summed E-state index contributed by atoms with van der Waals surface area (Å²) in [4.78, 5) is 32.1. The molecule has 0 atom stereocenters. The van der Waals surface area contributed by atoms with E-state index in [1.165, 1.54) is 49.3 Å². The van der Waals surface area contributed by atoms with E-state index in [-0.39, 0.29) is 0 Å². The summed E-state index contributed by atoms with van der Waals surface area (Å²) in [6.07, 6.45) is 28.2. The molecule has 2 aliphatic carbocycles. The number of nitrogens with one attached hydrogen (secondary N) is 2. The van der Waals surface area contributed by atoms with Crippen molar-refractivity contribution in [1.29, 1.82) is 0 Å². The van der Waals surface area contributed by atoms with Crippen LogP contribution in [0.25, 0.3) is 111 Å². The summed E-state index contributed by atoms with van der Waals surface area (Å²) in [6.45, 7) is 0. The minimum absolute atomic E-state index is 0.810. The monoisotopic (exact) mass is 1170 g/mol. The molecule has 10 heterocycles. The van der Waals surface area contributed by atoms with Crippen LogP contribution < -0.4 is 0 Å². The molecule has 2 aliphatic rings. The average Bonchev–Trinajstić information content (AvgIpc) is 3.01. The van der Waals surface area contributed by atoms with Crippen LogP contribution in [0, 0.1) is 0 Å². The normalized spacial score (nSPS) is 11.2. The molecule has 0 radical (unpaired) electrons. The van der Waals surface area contributed by atoms with E-state index in [4.69, 9.17) is 17.7 Å². The van der Waals surface area contributed by atoms with Crippen LogP contribution in [0.4, 0.5) is 0 Å². The first-order valence-corrected chi connectivity index (χ1v) is 29.3. The number of furan rings is 4. The van der Waals surface area contributed by atoms with E-state index < -0.39 is 0 Å². The van der Waals surface area contributed by atoms with Gasteiger partial charge in [-0.05, 0) is 144 Å². The maximum Gasteiger partial charge on any atom is 0.172 e. The number of benzene rings is 8. The molecule has 0 saturated carbocycles. The molecule has 0 aliphatic heterocycles. The fraction of sp³-hybridized carbons (Fsp3) is 0.0256. The van der Waals surface area contributed by atoms with E-state index in [0.29, 0.717) is 0 Å². The van der Waals surface area contributed by atoms with Gasteiger partial charge in [0.15, 0.2) is 11.2 Å². The lowest BCUT2D eigenvalue weighted by Crippen LogP contribution is -1.85. The largest absolute Gasteiger partial charge is 0.465 e. The summed E-state index contributed by atoms with van der Waals surface area (Å²) >= 11 is 0. The second-order valence-electron chi connectivity index (χ2n) is 20.4. The van der Waals surface area contributed by atoms with Crippen molar-refractivity contribution in [2.24, 2.45) is 0 Å². The van der Waals surface area contributed by atoms with Crippen LogP contribution in [0.3, 0.4) is 0 Å². The number of aromatic nitrogens is 8. The predicted octanol–water partition coefficient (Wildman–Crippen LogP) is 20.1. The summed E-state index contributed by atoms with van der Waals surface area (Å²) < 4.78 is 20.1. The van der Waals surface area contributed by atoms with Gasteiger partial charge in [0.1, 0.15) is 11.3 Å². The third kappa shape index (κ3) is 15.4. The number of allylic oxidation sites excluding steroid dienone is 2. The van der Waals surface area contributed by atoms with Crippen molar-refractivity contribution < 1.29 is 17.7 Å². The second-order valence-corrected chi connectivity index (χ2v) is 20.4. The molecule has 10 aromatic heterocycles. The molecule has 436 valence electrons. The van der Waals surface area contributed by atoms with Gasteiger partial charge in [-0.15, -0.1) is 0 Å². The molecule has 0 bridgehead atoms. The molecule has 0 saturated heterocycles. The zero-order valence-electron chi connectivity index (χ0n) is 48.9. The van der Waals surface area contributed by atoms with Crippen molar-refractivity contribution in [3.05, 3.63) is 340 Å². The van der Waals surface area contributed by atoms with Crippen LogP contribution in [0.1, 0.15) is 22.6 Å². The molecule has 18 aromatic rings. The predicted molar refractivity (Wildman–Crippen MR) is 366 cm³/mol. The van der Waals surface area contributed by atoms with Gasteiger partial charge in [0.05, 0.1) is 69.2 Å². The molecule has 0 fully saturated rings. The fourth-order valence-electron chi connectivity index (χ4n) is 9.83. The average molecular weight is 1170 g/mol. The van der Waals surface area contributed by atoms with Gasteiger partial charge in [0.2, 0.25) is 0 Å². The van der Waals surface area contributed by atoms with Gasteiger partial charge >= 0.3 is 0 Å². The van der Waals surface area contributed by atoms with Crippen LogP contribution in [0.15, 0.2) is 335 Å². The van der Waals surface area contributed by atoms with E-state index in [0.717, 1.165) is 84.9 Å². The van der Waals surface area contributed by atoms with E-state index in [9.17, 15) is 0 Å². The standard InChI is InChI=1S/C13H9N.C12H8N2.C9H7N.C8H6N2.C8H7N.C8H6O.C7H7N.C7H6O.C6H4O2/c1-3-7-12-10(5-1)9-11-6-2-4-8-13(11)14-12;1-2-6-10-9(5-1)13-11-7-3-4-8-12(11)14-10;1-2-4-9-7-10-6-5-8(9)3-1;1-2-4-8-7(3-1)9-5-6-10-8;2*1-2-4-8-7(3-1)5-6-9-8;2*1-2-6-4-5-8-7(6)3-1;1-3-7-6-2-4-8-5(1)6/h1-9H;1-8H;1-7H;1-6H;1-6,9H;1-6H;1,3-5,8H,2H2;1,3-5H,2H2;1-4H. The van der Waals surface area contributed by atoms with Gasteiger partial charge in [-0.1, -0.05) is 146 Å². The maximum atomic E-state index is 5.12. The number of hydrogen-bond acceptors (Lipinski definition) is 10. The van der Waals surface area contributed by atoms with Gasteiger partial charge < -0.3 is 27.6 Å². The number of nitrogens with zero attached hydrogens (tertiary/aromatic N) is 6. The zero-order valence-corrected chi connectivity index (χ0v) is 48.9. The molecular weight excluding hydrogens is 1110 g/mol. The zero-order chi connectivity index (χ0) is 60.8. The maximum absolute atomic E-state index is 5.12. The number of para-hydroxylation sites is 10. The van der Waals surface area contributed by atoms with Crippen molar-refractivity contribution in [1.82, 2.24) is 39.9 Å². The quantitative estimate of drug-likeness (QED) is 0.140. The Hall–Kier alpha value is -12.3. The van der Waals surface area contributed by atoms with E-state index >= 15 is 0 Å². The number of pyridine rings is 2. The Bertz CT molecular complexity index is 4530. The van der Waals surface area contributed by atoms with Gasteiger partial charge in [0.25, 0.3) is 0 Å². The highest BCUT2D eigenvalue weighted by Gasteiger charge is 2.06. The summed E-state index contributed by atoms with van der Waals surface area (Å²) in [5.41, 5.74) is 15.6. The first-order valence-electron chi connectivity index (χ1n) is 29.3. The smallest absolute Gasteiger partial charge is 0.172 e. The number of fused-ring (bicyclic) bond motifs is 11. The van der Waals surface area contributed by atoms with Crippen molar-refractivity contribution >= 4 is 111 Å².